The summed E-state index contributed by atoms with van der Waals surface area (Å²) in [4.78, 5) is 23.4. The summed E-state index contributed by atoms with van der Waals surface area (Å²) in [7, 11) is 0. The second kappa shape index (κ2) is 14.1. The van der Waals surface area contributed by atoms with Crippen LogP contribution in [0.2, 0.25) is 5.02 Å². The number of hydrogen-bond acceptors (Lipinski definition) is 4. The fraction of sp³-hybridized carbons (Fsp3) is 0.652. The number of piperidine rings is 1. The number of guanidine groups is 1. The maximum atomic E-state index is 11.3. The molecule has 180 valence electrons. The lowest BCUT2D eigenvalue weighted by Gasteiger charge is -2.36. The Balaban J connectivity index is 0.00000363. The SMILES string of the molecule is CCNC(=NCCCN1CCN(c2cccc(Cl)c2)CC1)N1CCCC(CC(N)=O)C1.I. The minimum absolute atomic E-state index is 0. The first-order chi connectivity index (χ1) is 15.0. The van der Waals surface area contributed by atoms with E-state index in [1.165, 1.54) is 5.69 Å². The monoisotopic (exact) mass is 576 g/mol. The van der Waals surface area contributed by atoms with Crippen LogP contribution in [0.4, 0.5) is 5.69 Å². The molecule has 1 amide bonds. The second-order valence-corrected chi connectivity index (χ2v) is 8.96. The van der Waals surface area contributed by atoms with Gasteiger partial charge >= 0.3 is 0 Å². The summed E-state index contributed by atoms with van der Waals surface area (Å²) in [6.07, 6.45) is 3.67. The summed E-state index contributed by atoms with van der Waals surface area (Å²) in [6.45, 7) is 10.9. The molecule has 3 rings (SSSR count). The third-order valence-electron chi connectivity index (χ3n) is 6.08. The standard InChI is InChI=1S/C23H37ClN6O.HI/c1-2-26-23(30-11-4-6-19(18-30)16-22(25)31)27-9-5-10-28-12-14-29(15-13-28)21-8-3-7-20(24)17-21;/h3,7-8,17,19H,2,4-6,9-16,18H2,1H3,(H2,25,31)(H,26,27);1H. The fourth-order valence-electron chi connectivity index (χ4n) is 4.52. The number of benzene rings is 1. The molecule has 1 atom stereocenters. The number of aliphatic imine (C=N–C) groups is 1. The van der Waals surface area contributed by atoms with Crippen LogP contribution >= 0.6 is 35.6 Å². The molecule has 1 aromatic carbocycles. The Hall–Kier alpha value is -1.26. The zero-order chi connectivity index (χ0) is 22.1. The van der Waals surface area contributed by atoms with Crippen molar-refractivity contribution in [3.8, 4) is 0 Å². The molecule has 0 aliphatic carbocycles. The van der Waals surface area contributed by atoms with Crippen LogP contribution in [0.25, 0.3) is 0 Å². The lowest BCUT2D eigenvalue weighted by atomic mass is 9.95. The number of nitrogens with two attached hydrogens (primary N) is 1. The van der Waals surface area contributed by atoms with Crippen molar-refractivity contribution in [3.05, 3.63) is 29.3 Å². The molecule has 2 aliphatic rings. The van der Waals surface area contributed by atoms with Crippen molar-refractivity contribution < 1.29 is 4.79 Å². The maximum Gasteiger partial charge on any atom is 0.217 e. The molecule has 2 heterocycles. The van der Waals surface area contributed by atoms with Crippen molar-refractivity contribution in [2.45, 2.75) is 32.6 Å². The highest BCUT2D eigenvalue weighted by molar-refractivity contribution is 14.0. The number of halogens is 2. The van der Waals surface area contributed by atoms with Gasteiger partial charge in [0.15, 0.2) is 5.96 Å². The summed E-state index contributed by atoms with van der Waals surface area (Å²) in [5.41, 5.74) is 6.62. The molecule has 0 spiro atoms. The summed E-state index contributed by atoms with van der Waals surface area (Å²) in [5.74, 6) is 1.11. The highest BCUT2D eigenvalue weighted by Crippen LogP contribution is 2.21. The van der Waals surface area contributed by atoms with E-state index in [9.17, 15) is 4.79 Å². The van der Waals surface area contributed by atoms with Crippen LogP contribution in [0.5, 0.6) is 0 Å². The lowest BCUT2D eigenvalue weighted by molar-refractivity contribution is -0.119. The molecule has 0 aromatic heterocycles. The molecule has 2 fully saturated rings. The van der Waals surface area contributed by atoms with Crippen molar-refractivity contribution in [2.75, 3.05) is 63.8 Å². The molecule has 3 N–H and O–H groups in total. The van der Waals surface area contributed by atoms with E-state index < -0.39 is 0 Å². The normalized spacial score (nSPS) is 20.1. The first-order valence-corrected chi connectivity index (χ1v) is 12.0. The number of primary amides is 1. The average molecular weight is 577 g/mol. The highest BCUT2D eigenvalue weighted by atomic mass is 127. The molecule has 2 aliphatic heterocycles. The van der Waals surface area contributed by atoms with E-state index in [4.69, 9.17) is 22.3 Å². The number of carbonyl (C=O) groups excluding carboxylic acids is 1. The number of amides is 1. The van der Waals surface area contributed by atoms with Gasteiger partial charge in [-0.15, -0.1) is 24.0 Å². The minimum atomic E-state index is -0.204. The molecule has 0 bridgehead atoms. The van der Waals surface area contributed by atoms with Crippen molar-refractivity contribution in [2.24, 2.45) is 16.6 Å². The van der Waals surface area contributed by atoms with Gasteiger partial charge in [0, 0.05) is 76.0 Å². The Morgan fingerprint density at radius 3 is 2.72 bits per heavy atom. The summed E-state index contributed by atoms with van der Waals surface area (Å²) < 4.78 is 0. The van der Waals surface area contributed by atoms with E-state index in [1.54, 1.807) is 0 Å². The van der Waals surface area contributed by atoms with E-state index in [0.29, 0.717) is 12.3 Å². The van der Waals surface area contributed by atoms with Crippen LogP contribution in [0, 0.1) is 5.92 Å². The molecule has 2 saturated heterocycles. The Bertz CT molecular complexity index is 741. The van der Waals surface area contributed by atoms with Gasteiger partial charge < -0.3 is 20.9 Å². The van der Waals surface area contributed by atoms with Crippen LogP contribution in [0.1, 0.15) is 32.6 Å². The predicted octanol–water partition coefficient (Wildman–Crippen LogP) is 3.02. The van der Waals surface area contributed by atoms with E-state index in [0.717, 1.165) is 89.1 Å². The van der Waals surface area contributed by atoms with Gasteiger partial charge in [-0.1, -0.05) is 17.7 Å². The molecule has 0 radical (unpaired) electrons. The third kappa shape index (κ3) is 8.59. The number of rotatable bonds is 8. The fourth-order valence-corrected chi connectivity index (χ4v) is 4.70. The first kappa shape index (κ1) is 27.0. The van der Waals surface area contributed by atoms with Gasteiger partial charge in [0.1, 0.15) is 0 Å². The first-order valence-electron chi connectivity index (χ1n) is 11.6. The Morgan fingerprint density at radius 2 is 2.03 bits per heavy atom. The van der Waals surface area contributed by atoms with E-state index in [1.807, 2.05) is 18.2 Å². The van der Waals surface area contributed by atoms with Crippen molar-refractivity contribution in [3.63, 3.8) is 0 Å². The van der Waals surface area contributed by atoms with Crippen molar-refractivity contribution in [1.82, 2.24) is 15.1 Å². The molecule has 32 heavy (non-hydrogen) atoms. The lowest BCUT2D eigenvalue weighted by Crippen LogP contribution is -2.47. The number of nitrogens with one attached hydrogen (secondary N) is 1. The number of nitrogens with zero attached hydrogens (tertiary/aromatic N) is 4. The Morgan fingerprint density at radius 1 is 1.25 bits per heavy atom. The number of piperazine rings is 1. The van der Waals surface area contributed by atoms with Crippen LogP contribution in [0.3, 0.4) is 0 Å². The molecule has 0 saturated carbocycles. The molecule has 7 nitrogen and oxygen atoms in total. The molecule has 9 heteroatoms. The molecular weight excluding hydrogens is 539 g/mol. The second-order valence-electron chi connectivity index (χ2n) is 8.52. The van der Waals surface area contributed by atoms with Crippen LogP contribution in [0.15, 0.2) is 29.3 Å². The van der Waals surface area contributed by atoms with Gasteiger partial charge in [-0.3, -0.25) is 14.7 Å². The number of likely N-dealkylation sites (tertiary alicyclic amines) is 1. The van der Waals surface area contributed by atoms with Crippen LogP contribution in [-0.4, -0.2) is 80.6 Å². The Labute approximate surface area is 214 Å². The average Bonchev–Trinajstić information content (AvgIpc) is 2.76. The van der Waals surface area contributed by atoms with E-state index in [2.05, 4.69) is 33.0 Å². The van der Waals surface area contributed by atoms with Gasteiger partial charge in [-0.05, 0) is 50.3 Å². The highest BCUT2D eigenvalue weighted by Gasteiger charge is 2.23. The minimum Gasteiger partial charge on any atom is -0.370 e. The quantitative estimate of drug-likeness (QED) is 0.215. The topological polar surface area (TPSA) is 77.2 Å². The van der Waals surface area contributed by atoms with E-state index in [-0.39, 0.29) is 29.9 Å². The Kier molecular flexibility index (Phi) is 11.9. The molecular formula is C23H38ClIN6O. The number of anilines is 1. The largest absolute Gasteiger partial charge is 0.370 e. The van der Waals surface area contributed by atoms with Crippen LogP contribution < -0.4 is 16.0 Å². The van der Waals surface area contributed by atoms with Gasteiger partial charge in [-0.2, -0.15) is 0 Å². The number of hydrogen-bond donors (Lipinski definition) is 2. The van der Waals surface area contributed by atoms with Gasteiger partial charge in [0.05, 0.1) is 0 Å². The van der Waals surface area contributed by atoms with E-state index >= 15 is 0 Å². The van der Waals surface area contributed by atoms with Crippen molar-refractivity contribution in [1.29, 1.82) is 0 Å². The third-order valence-corrected chi connectivity index (χ3v) is 6.32. The van der Waals surface area contributed by atoms with Gasteiger partial charge in [0.25, 0.3) is 0 Å². The predicted molar refractivity (Wildman–Crippen MR) is 144 cm³/mol. The zero-order valence-electron chi connectivity index (χ0n) is 19.1. The molecule has 1 aromatic rings. The smallest absolute Gasteiger partial charge is 0.217 e. The maximum absolute atomic E-state index is 11.3. The van der Waals surface area contributed by atoms with Crippen molar-refractivity contribution >= 4 is 53.1 Å². The zero-order valence-corrected chi connectivity index (χ0v) is 22.2. The van der Waals surface area contributed by atoms with Crippen LogP contribution in [-0.2, 0) is 4.79 Å². The molecule has 1 unspecified atom stereocenters. The summed E-state index contributed by atoms with van der Waals surface area (Å²) in [5, 5.41) is 4.22. The van der Waals surface area contributed by atoms with Gasteiger partial charge in [0.2, 0.25) is 5.91 Å². The summed E-state index contributed by atoms with van der Waals surface area (Å²) >= 11 is 6.13. The van der Waals surface area contributed by atoms with Gasteiger partial charge in [-0.25, -0.2) is 0 Å². The summed E-state index contributed by atoms with van der Waals surface area (Å²) in [6, 6.07) is 8.11. The number of carbonyl (C=O) groups is 1.